The Balaban J connectivity index is 1.52. The highest BCUT2D eigenvalue weighted by molar-refractivity contribution is 5.79. The first-order valence-electron chi connectivity index (χ1n) is 9.03. The quantitative estimate of drug-likeness (QED) is 0.793. The number of amides is 1. The van der Waals surface area contributed by atoms with Crippen molar-refractivity contribution in [1.29, 1.82) is 0 Å². The number of rotatable bonds is 6. The fourth-order valence-electron chi connectivity index (χ4n) is 3.34. The molecule has 0 atom stereocenters. The van der Waals surface area contributed by atoms with Crippen molar-refractivity contribution < 1.29 is 19.0 Å². The van der Waals surface area contributed by atoms with E-state index in [-0.39, 0.29) is 18.6 Å². The molecule has 2 aromatic carbocycles. The number of carbonyl (C=O) groups excluding carboxylic acids is 1. The lowest BCUT2D eigenvalue weighted by Gasteiger charge is -2.32. The number of fused-ring (bicyclic) bond motifs is 1. The van der Waals surface area contributed by atoms with Gasteiger partial charge in [-0.05, 0) is 48.2 Å². The first-order valence-corrected chi connectivity index (χ1v) is 9.03. The molecule has 1 saturated carbocycles. The van der Waals surface area contributed by atoms with E-state index in [1.54, 1.807) is 7.11 Å². The summed E-state index contributed by atoms with van der Waals surface area (Å²) in [5, 5.41) is 0. The molecule has 1 amide bonds. The van der Waals surface area contributed by atoms with Crippen molar-refractivity contribution in [2.75, 3.05) is 13.9 Å². The summed E-state index contributed by atoms with van der Waals surface area (Å²) in [7, 11) is 1.65. The molecule has 0 spiro atoms. The van der Waals surface area contributed by atoms with Crippen molar-refractivity contribution in [3.8, 4) is 17.2 Å². The van der Waals surface area contributed by atoms with E-state index in [1.165, 1.54) is 0 Å². The van der Waals surface area contributed by atoms with Crippen molar-refractivity contribution in [3.63, 3.8) is 0 Å². The van der Waals surface area contributed by atoms with Gasteiger partial charge in [-0.25, -0.2) is 0 Å². The number of hydrogen-bond acceptors (Lipinski definition) is 4. The number of carbonyl (C=O) groups is 1. The molecule has 0 aromatic heterocycles. The lowest BCUT2D eigenvalue weighted by atomic mass is 9.84. The van der Waals surface area contributed by atoms with Crippen molar-refractivity contribution in [2.24, 2.45) is 5.92 Å². The van der Waals surface area contributed by atoms with Crippen molar-refractivity contribution >= 4 is 5.91 Å². The van der Waals surface area contributed by atoms with Gasteiger partial charge in [0, 0.05) is 19.0 Å². The predicted molar refractivity (Wildman–Crippen MR) is 97.2 cm³/mol. The highest BCUT2D eigenvalue weighted by Gasteiger charge is 2.29. The van der Waals surface area contributed by atoms with Crippen LogP contribution in [0.15, 0.2) is 42.5 Å². The molecule has 0 unspecified atom stereocenters. The summed E-state index contributed by atoms with van der Waals surface area (Å²) in [5.41, 5.74) is 2.15. The van der Waals surface area contributed by atoms with Gasteiger partial charge >= 0.3 is 0 Å². The van der Waals surface area contributed by atoms with Crippen LogP contribution in [0, 0.1) is 5.92 Å². The molecule has 1 aliphatic heterocycles. The minimum atomic E-state index is 0.169. The van der Waals surface area contributed by atoms with Crippen LogP contribution in [0.4, 0.5) is 0 Å². The summed E-state index contributed by atoms with van der Waals surface area (Å²) >= 11 is 0. The highest BCUT2D eigenvalue weighted by atomic mass is 16.7. The van der Waals surface area contributed by atoms with Gasteiger partial charge in [0.05, 0.1) is 7.11 Å². The van der Waals surface area contributed by atoms with Crippen LogP contribution >= 0.6 is 0 Å². The van der Waals surface area contributed by atoms with Crippen LogP contribution in [0.5, 0.6) is 17.2 Å². The van der Waals surface area contributed by atoms with Gasteiger partial charge in [0.15, 0.2) is 11.5 Å². The molecule has 5 nitrogen and oxygen atoms in total. The second-order valence-corrected chi connectivity index (χ2v) is 6.86. The molecule has 0 N–H and O–H groups in total. The van der Waals surface area contributed by atoms with Crippen molar-refractivity contribution in [3.05, 3.63) is 53.6 Å². The van der Waals surface area contributed by atoms with Crippen LogP contribution in [0.25, 0.3) is 0 Å². The van der Waals surface area contributed by atoms with Gasteiger partial charge < -0.3 is 19.1 Å². The fraction of sp³-hybridized carbons (Fsp3) is 0.381. The molecule has 136 valence electrons. The van der Waals surface area contributed by atoms with Gasteiger partial charge in [-0.15, -0.1) is 0 Å². The molecule has 2 aromatic rings. The number of methoxy groups -OCH3 is 1. The van der Waals surface area contributed by atoms with Crippen molar-refractivity contribution in [1.82, 2.24) is 4.90 Å². The molecule has 0 saturated heterocycles. The smallest absolute Gasteiger partial charge is 0.231 e. The molecule has 26 heavy (non-hydrogen) atoms. The SMILES string of the molecule is COc1ccc(CN(Cc2ccc3c(c2)OCO3)C(=O)C2CCC2)cc1. The summed E-state index contributed by atoms with van der Waals surface area (Å²) < 4.78 is 16.1. The van der Waals surface area contributed by atoms with E-state index in [4.69, 9.17) is 14.2 Å². The third-order valence-corrected chi connectivity index (χ3v) is 5.11. The van der Waals surface area contributed by atoms with E-state index in [1.807, 2.05) is 47.4 Å². The lowest BCUT2D eigenvalue weighted by molar-refractivity contribution is -0.139. The highest BCUT2D eigenvalue weighted by Crippen LogP contribution is 2.34. The van der Waals surface area contributed by atoms with Gasteiger partial charge in [0.2, 0.25) is 12.7 Å². The van der Waals surface area contributed by atoms with Crippen LogP contribution in [-0.4, -0.2) is 24.7 Å². The summed E-state index contributed by atoms with van der Waals surface area (Å²) in [6.07, 6.45) is 3.15. The Hall–Kier alpha value is -2.69. The third kappa shape index (κ3) is 3.47. The molecular weight excluding hydrogens is 330 g/mol. The molecule has 1 fully saturated rings. The zero-order chi connectivity index (χ0) is 17.9. The Bertz CT molecular complexity index is 783. The van der Waals surface area contributed by atoms with E-state index in [9.17, 15) is 4.79 Å². The van der Waals surface area contributed by atoms with Crippen molar-refractivity contribution in [2.45, 2.75) is 32.4 Å². The monoisotopic (exact) mass is 353 g/mol. The minimum absolute atomic E-state index is 0.169. The van der Waals surface area contributed by atoms with Crippen LogP contribution < -0.4 is 14.2 Å². The number of ether oxygens (including phenoxy) is 3. The van der Waals surface area contributed by atoms with E-state index < -0.39 is 0 Å². The number of benzene rings is 2. The Kier molecular flexibility index (Phi) is 4.69. The largest absolute Gasteiger partial charge is 0.497 e. The zero-order valence-corrected chi connectivity index (χ0v) is 14.9. The van der Waals surface area contributed by atoms with Crippen LogP contribution in [0.1, 0.15) is 30.4 Å². The number of hydrogen-bond donors (Lipinski definition) is 0. The van der Waals surface area contributed by atoms with Crippen LogP contribution in [-0.2, 0) is 17.9 Å². The minimum Gasteiger partial charge on any atom is -0.497 e. The predicted octanol–water partition coefficient (Wildman–Crippen LogP) is 3.75. The Labute approximate surface area is 153 Å². The van der Waals surface area contributed by atoms with Gasteiger partial charge in [-0.3, -0.25) is 4.79 Å². The maximum atomic E-state index is 12.9. The molecule has 0 radical (unpaired) electrons. The standard InChI is InChI=1S/C21H23NO4/c1-24-18-8-5-15(6-9-18)12-22(21(23)17-3-2-4-17)13-16-7-10-19-20(11-16)26-14-25-19/h5-11,17H,2-4,12-14H2,1H3. The molecule has 5 heteroatoms. The normalized spacial score (nSPS) is 15.4. The van der Waals surface area contributed by atoms with Crippen LogP contribution in [0.3, 0.4) is 0 Å². The molecule has 1 aliphatic carbocycles. The van der Waals surface area contributed by atoms with Gasteiger partial charge in [0.25, 0.3) is 0 Å². The van der Waals surface area contributed by atoms with Gasteiger partial charge in [-0.1, -0.05) is 24.6 Å². The van der Waals surface area contributed by atoms with E-state index >= 15 is 0 Å². The van der Waals surface area contributed by atoms with Gasteiger partial charge in [0.1, 0.15) is 5.75 Å². The van der Waals surface area contributed by atoms with E-state index in [0.717, 1.165) is 47.6 Å². The van der Waals surface area contributed by atoms with E-state index in [0.29, 0.717) is 13.1 Å². The molecular formula is C21H23NO4. The summed E-state index contributed by atoms with van der Waals surface area (Å²) in [4.78, 5) is 14.9. The molecule has 4 rings (SSSR count). The summed E-state index contributed by atoms with van der Waals surface area (Å²) in [5.74, 6) is 2.75. The lowest BCUT2D eigenvalue weighted by Crippen LogP contribution is -2.38. The molecule has 0 bridgehead atoms. The second-order valence-electron chi connectivity index (χ2n) is 6.86. The Morgan fingerprint density at radius 1 is 1.04 bits per heavy atom. The van der Waals surface area contributed by atoms with E-state index in [2.05, 4.69) is 0 Å². The average Bonchev–Trinajstić information content (AvgIpc) is 3.08. The maximum absolute atomic E-state index is 12.9. The maximum Gasteiger partial charge on any atom is 0.231 e. The fourth-order valence-corrected chi connectivity index (χ4v) is 3.34. The Morgan fingerprint density at radius 2 is 1.73 bits per heavy atom. The summed E-state index contributed by atoms with van der Waals surface area (Å²) in [6.45, 7) is 1.42. The second kappa shape index (κ2) is 7.28. The number of nitrogens with zero attached hydrogens (tertiary/aromatic N) is 1. The zero-order valence-electron chi connectivity index (χ0n) is 14.9. The topological polar surface area (TPSA) is 48.0 Å². The summed E-state index contributed by atoms with van der Waals surface area (Å²) in [6, 6.07) is 13.8. The first-order chi connectivity index (χ1) is 12.7. The van der Waals surface area contributed by atoms with Gasteiger partial charge in [-0.2, -0.15) is 0 Å². The first kappa shape index (κ1) is 16.8. The average molecular weight is 353 g/mol. The third-order valence-electron chi connectivity index (χ3n) is 5.11. The molecule has 2 aliphatic rings. The van der Waals surface area contributed by atoms with Crippen LogP contribution in [0.2, 0.25) is 0 Å². The Morgan fingerprint density at radius 3 is 2.42 bits per heavy atom. The molecule has 1 heterocycles.